The van der Waals surface area contributed by atoms with Gasteiger partial charge in [-0.1, -0.05) is 23.7 Å². The Morgan fingerprint density at radius 3 is 2.70 bits per heavy atom. The fourth-order valence-corrected chi connectivity index (χ4v) is 2.43. The summed E-state index contributed by atoms with van der Waals surface area (Å²) >= 11 is 7.41. The fraction of sp³-hybridized carbons (Fsp3) is 0.500. The van der Waals surface area contributed by atoms with Gasteiger partial charge < -0.3 is 15.4 Å². The molecule has 6 heteroatoms. The summed E-state index contributed by atoms with van der Waals surface area (Å²) in [6.07, 6.45) is 0. The first kappa shape index (κ1) is 17.3. The SMILES string of the molecule is COCCNCCNC(=O)CSCc1ccc(Cl)cc1. The van der Waals surface area contributed by atoms with E-state index in [0.717, 1.165) is 23.9 Å². The number of carbonyl (C=O) groups is 1. The molecule has 0 aliphatic heterocycles. The molecule has 0 atom stereocenters. The number of nitrogens with one attached hydrogen (secondary N) is 2. The monoisotopic (exact) mass is 316 g/mol. The number of carbonyl (C=O) groups excluding carboxylic acids is 1. The van der Waals surface area contributed by atoms with Crippen molar-refractivity contribution >= 4 is 29.3 Å². The Morgan fingerprint density at radius 1 is 1.25 bits per heavy atom. The van der Waals surface area contributed by atoms with Gasteiger partial charge in [-0.3, -0.25) is 4.79 Å². The van der Waals surface area contributed by atoms with Crippen LogP contribution in [-0.2, 0) is 15.3 Å². The standard InChI is InChI=1S/C14H21ClN2O2S/c1-19-9-8-16-6-7-17-14(18)11-20-10-12-2-4-13(15)5-3-12/h2-5,16H,6-11H2,1H3,(H,17,18). The topological polar surface area (TPSA) is 50.4 Å². The van der Waals surface area contributed by atoms with Crippen molar-refractivity contribution in [1.82, 2.24) is 10.6 Å². The second kappa shape index (κ2) is 11.0. The highest BCUT2D eigenvalue weighted by Crippen LogP contribution is 2.15. The van der Waals surface area contributed by atoms with Crippen LogP contribution in [0.15, 0.2) is 24.3 Å². The first-order valence-electron chi connectivity index (χ1n) is 6.51. The second-order valence-corrected chi connectivity index (χ2v) is 5.63. The molecule has 20 heavy (non-hydrogen) atoms. The van der Waals surface area contributed by atoms with Crippen LogP contribution in [0.3, 0.4) is 0 Å². The van der Waals surface area contributed by atoms with E-state index < -0.39 is 0 Å². The van der Waals surface area contributed by atoms with E-state index in [1.54, 1.807) is 18.9 Å². The Labute approximate surface area is 129 Å². The number of benzene rings is 1. The van der Waals surface area contributed by atoms with Crippen LogP contribution < -0.4 is 10.6 Å². The van der Waals surface area contributed by atoms with E-state index in [1.807, 2.05) is 24.3 Å². The Kier molecular flexibility index (Phi) is 9.49. The zero-order chi connectivity index (χ0) is 14.6. The predicted molar refractivity (Wildman–Crippen MR) is 85.4 cm³/mol. The van der Waals surface area contributed by atoms with Crippen molar-refractivity contribution < 1.29 is 9.53 Å². The van der Waals surface area contributed by atoms with Crippen LogP contribution in [0.1, 0.15) is 5.56 Å². The van der Waals surface area contributed by atoms with Gasteiger partial charge in [-0.2, -0.15) is 0 Å². The molecule has 0 fully saturated rings. The summed E-state index contributed by atoms with van der Waals surface area (Å²) in [5.41, 5.74) is 1.17. The molecule has 112 valence electrons. The third kappa shape index (κ3) is 8.43. The number of halogens is 1. The maximum absolute atomic E-state index is 11.6. The lowest BCUT2D eigenvalue weighted by Gasteiger charge is -2.06. The van der Waals surface area contributed by atoms with Crippen molar-refractivity contribution in [2.45, 2.75) is 5.75 Å². The highest BCUT2D eigenvalue weighted by atomic mass is 35.5. The second-order valence-electron chi connectivity index (χ2n) is 4.21. The van der Waals surface area contributed by atoms with Crippen LogP contribution in [0, 0.1) is 0 Å². The summed E-state index contributed by atoms with van der Waals surface area (Å²) in [4.78, 5) is 11.6. The maximum Gasteiger partial charge on any atom is 0.230 e. The zero-order valence-electron chi connectivity index (χ0n) is 11.7. The number of hydrogen-bond acceptors (Lipinski definition) is 4. The minimum absolute atomic E-state index is 0.0671. The van der Waals surface area contributed by atoms with Gasteiger partial charge in [-0.15, -0.1) is 11.8 Å². The molecule has 1 amide bonds. The van der Waals surface area contributed by atoms with Gasteiger partial charge >= 0.3 is 0 Å². The van der Waals surface area contributed by atoms with Crippen molar-refractivity contribution in [1.29, 1.82) is 0 Å². The van der Waals surface area contributed by atoms with Gasteiger partial charge in [0.2, 0.25) is 5.91 Å². The molecular weight excluding hydrogens is 296 g/mol. The highest BCUT2D eigenvalue weighted by molar-refractivity contribution is 7.99. The molecule has 4 nitrogen and oxygen atoms in total. The Bertz CT molecular complexity index is 387. The summed E-state index contributed by atoms with van der Waals surface area (Å²) in [6, 6.07) is 7.69. The molecular formula is C14H21ClN2O2S. The Balaban J connectivity index is 2.01. The molecule has 0 unspecified atom stereocenters. The maximum atomic E-state index is 11.6. The van der Waals surface area contributed by atoms with E-state index >= 15 is 0 Å². The molecule has 1 aromatic rings. The average molecular weight is 317 g/mol. The van der Waals surface area contributed by atoms with Crippen LogP contribution >= 0.6 is 23.4 Å². The average Bonchev–Trinajstić information content (AvgIpc) is 2.45. The van der Waals surface area contributed by atoms with E-state index in [-0.39, 0.29) is 5.91 Å². The van der Waals surface area contributed by atoms with Gasteiger partial charge in [-0.25, -0.2) is 0 Å². The predicted octanol–water partition coefficient (Wildman–Crippen LogP) is 1.93. The number of amides is 1. The van der Waals surface area contributed by atoms with Crippen LogP contribution in [0.25, 0.3) is 0 Å². The number of rotatable bonds is 10. The summed E-state index contributed by atoms with van der Waals surface area (Å²) in [5, 5.41) is 6.77. The lowest BCUT2D eigenvalue weighted by atomic mass is 10.2. The van der Waals surface area contributed by atoms with E-state index in [9.17, 15) is 4.79 Å². The molecule has 0 aliphatic carbocycles. The molecule has 1 aromatic carbocycles. The summed E-state index contributed by atoms with van der Waals surface area (Å²) in [5.74, 6) is 1.36. The van der Waals surface area contributed by atoms with Crippen LogP contribution in [0.5, 0.6) is 0 Å². The van der Waals surface area contributed by atoms with Crippen LogP contribution in [-0.4, -0.2) is 45.0 Å². The minimum Gasteiger partial charge on any atom is -0.383 e. The summed E-state index contributed by atoms with van der Waals surface area (Å²) < 4.78 is 4.91. The summed E-state index contributed by atoms with van der Waals surface area (Å²) in [6.45, 7) is 2.89. The molecule has 0 aromatic heterocycles. The van der Waals surface area contributed by atoms with Gasteiger partial charge in [0.25, 0.3) is 0 Å². The lowest BCUT2D eigenvalue weighted by molar-refractivity contribution is -0.118. The molecule has 0 bridgehead atoms. The summed E-state index contributed by atoms with van der Waals surface area (Å²) in [7, 11) is 1.67. The largest absolute Gasteiger partial charge is 0.383 e. The van der Waals surface area contributed by atoms with Gasteiger partial charge in [0.1, 0.15) is 0 Å². The molecule has 1 rings (SSSR count). The van der Waals surface area contributed by atoms with E-state index in [2.05, 4.69) is 10.6 Å². The minimum atomic E-state index is 0.0671. The van der Waals surface area contributed by atoms with Crippen molar-refractivity contribution in [2.24, 2.45) is 0 Å². The Morgan fingerprint density at radius 2 is 2.00 bits per heavy atom. The molecule has 0 saturated heterocycles. The van der Waals surface area contributed by atoms with E-state index in [4.69, 9.17) is 16.3 Å². The Hall–Kier alpha value is -0.750. The van der Waals surface area contributed by atoms with Crippen molar-refractivity contribution in [3.05, 3.63) is 34.9 Å². The number of methoxy groups -OCH3 is 1. The van der Waals surface area contributed by atoms with Crippen molar-refractivity contribution in [2.75, 3.05) is 39.1 Å². The molecule has 2 N–H and O–H groups in total. The lowest BCUT2D eigenvalue weighted by Crippen LogP contribution is -2.33. The molecule has 0 radical (unpaired) electrons. The highest BCUT2D eigenvalue weighted by Gasteiger charge is 2.01. The number of ether oxygens (including phenoxy) is 1. The zero-order valence-corrected chi connectivity index (χ0v) is 13.2. The van der Waals surface area contributed by atoms with Crippen LogP contribution in [0.2, 0.25) is 5.02 Å². The fourth-order valence-electron chi connectivity index (χ4n) is 1.48. The van der Waals surface area contributed by atoms with Crippen molar-refractivity contribution in [3.63, 3.8) is 0 Å². The first-order valence-corrected chi connectivity index (χ1v) is 8.04. The molecule has 0 heterocycles. The van der Waals surface area contributed by atoms with Gasteiger partial charge in [0.05, 0.1) is 12.4 Å². The number of thioether (sulfide) groups is 1. The third-order valence-electron chi connectivity index (χ3n) is 2.52. The van der Waals surface area contributed by atoms with Gasteiger partial charge in [0, 0.05) is 37.5 Å². The van der Waals surface area contributed by atoms with Gasteiger partial charge in [0.15, 0.2) is 0 Å². The first-order chi connectivity index (χ1) is 9.72. The third-order valence-corrected chi connectivity index (χ3v) is 3.78. The molecule has 0 spiro atoms. The molecule has 0 aliphatic rings. The van der Waals surface area contributed by atoms with Crippen molar-refractivity contribution in [3.8, 4) is 0 Å². The smallest absolute Gasteiger partial charge is 0.230 e. The quantitative estimate of drug-likeness (QED) is 0.648. The van der Waals surface area contributed by atoms with Gasteiger partial charge in [-0.05, 0) is 17.7 Å². The van der Waals surface area contributed by atoms with Crippen LogP contribution in [0.4, 0.5) is 0 Å². The number of hydrogen-bond donors (Lipinski definition) is 2. The van der Waals surface area contributed by atoms with E-state index in [0.29, 0.717) is 18.9 Å². The molecule has 0 saturated carbocycles. The van der Waals surface area contributed by atoms with E-state index in [1.165, 1.54) is 5.56 Å². The normalized spacial score (nSPS) is 10.5.